The van der Waals surface area contributed by atoms with E-state index in [0.29, 0.717) is 5.56 Å². The second kappa shape index (κ2) is 6.37. The van der Waals surface area contributed by atoms with Crippen molar-refractivity contribution in [2.24, 2.45) is 3.77 Å². The van der Waals surface area contributed by atoms with Gasteiger partial charge in [-0.05, 0) is 18.1 Å². The third-order valence-corrected chi connectivity index (χ3v) is 7.36. The lowest BCUT2D eigenvalue weighted by Gasteiger charge is -2.29. The summed E-state index contributed by atoms with van der Waals surface area (Å²) in [6.07, 6.45) is 1.70. The van der Waals surface area contributed by atoms with Gasteiger partial charge >= 0.3 is 0 Å². The van der Waals surface area contributed by atoms with Crippen LogP contribution in [0.3, 0.4) is 0 Å². The molecule has 0 atom stereocenters. The van der Waals surface area contributed by atoms with Crippen LogP contribution in [0.1, 0.15) is 22.8 Å². The van der Waals surface area contributed by atoms with Crippen molar-refractivity contribution in [2.45, 2.75) is 13.3 Å². The topological polar surface area (TPSA) is 83.9 Å². The monoisotopic (exact) mass is 344 g/mol. The van der Waals surface area contributed by atoms with Crippen molar-refractivity contribution >= 4 is 25.7 Å². The molecule has 1 fully saturated rings. The Kier molecular flexibility index (Phi) is 4.91. The number of hydrogen-bond donors (Lipinski definition) is 0. The summed E-state index contributed by atoms with van der Waals surface area (Å²) in [4.78, 5) is 14.2. The highest BCUT2D eigenvalue weighted by Gasteiger charge is 2.26. The molecule has 0 N–H and O–H groups in total. The average molecular weight is 344 g/mol. The Labute approximate surface area is 131 Å². The number of rotatable bonds is 3. The highest BCUT2D eigenvalue weighted by molar-refractivity contribution is 8.03. The molecule has 2 rings (SSSR count). The van der Waals surface area contributed by atoms with Crippen LogP contribution >= 0.6 is 0 Å². The molecular formula is C14H20N2O4S2. The molecule has 0 aliphatic carbocycles. The van der Waals surface area contributed by atoms with E-state index in [2.05, 4.69) is 3.77 Å². The quantitative estimate of drug-likeness (QED) is 0.823. The van der Waals surface area contributed by atoms with E-state index in [0.717, 1.165) is 18.2 Å². The molecule has 22 heavy (non-hydrogen) atoms. The fourth-order valence-corrected chi connectivity index (χ4v) is 6.24. The van der Waals surface area contributed by atoms with Gasteiger partial charge in [0.2, 0.25) is 0 Å². The van der Waals surface area contributed by atoms with Gasteiger partial charge in [-0.3, -0.25) is 4.79 Å². The Morgan fingerprint density at radius 2 is 1.86 bits per heavy atom. The molecule has 1 aliphatic rings. The second-order valence-corrected chi connectivity index (χ2v) is 9.72. The van der Waals surface area contributed by atoms with Crippen LogP contribution in [0.5, 0.6) is 0 Å². The number of hydrogen-bond acceptors (Lipinski definition) is 4. The van der Waals surface area contributed by atoms with Crippen LogP contribution in [0.2, 0.25) is 0 Å². The fraction of sp³-hybridized carbons (Fsp3) is 0.500. The lowest BCUT2D eigenvalue weighted by atomic mass is 10.0. The molecule has 0 unspecified atom stereocenters. The van der Waals surface area contributed by atoms with Crippen molar-refractivity contribution in [3.05, 3.63) is 35.4 Å². The molecule has 1 heterocycles. The van der Waals surface area contributed by atoms with Gasteiger partial charge in [0, 0.05) is 18.7 Å². The molecule has 122 valence electrons. The average Bonchev–Trinajstić information content (AvgIpc) is 2.45. The Morgan fingerprint density at radius 3 is 2.41 bits per heavy atom. The molecule has 0 aromatic heterocycles. The Balaban J connectivity index is 2.17. The summed E-state index contributed by atoms with van der Waals surface area (Å²) in [5, 5.41) is 0. The van der Waals surface area contributed by atoms with E-state index in [-0.39, 0.29) is 30.5 Å². The standard InChI is InChI=1S/C14H20N2O4S2/c1-3-12-6-4-5-7-13(12)14(17)16-8-10-22(20,11-9-16)15-21(2,18)19/h4-7H,3,8-11H2,1-2H3. The van der Waals surface area contributed by atoms with Crippen molar-refractivity contribution in [2.75, 3.05) is 30.9 Å². The molecule has 1 aromatic carbocycles. The normalized spacial score (nSPS) is 18.0. The molecule has 8 heteroatoms. The molecule has 1 aromatic rings. The number of amides is 1. The zero-order valence-corrected chi connectivity index (χ0v) is 14.3. The van der Waals surface area contributed by atoms with E-state index in [1.54, 1.807) is 11.0 Å². The maximum atomic E-state index is 12.6. The van der Waals surface area contributed by atoms with E-state index in [9.17, 15) is 17.4 Å². The maximum absolute atomic E-state index is 12.6. The fourth-order valence-electron chi connectivity index (χ4n) is 2.45. The van der Waals surface area contributed by atoms with E-state index in [1.807, 2.05) is 25.1 Å². The molecule has 1 saturated heterocycles. The van der Waals surface area contributed by atoms with Gasteiger partial charge < -0.3 is 4.90 Å². The Bertz CT molecular complexity index is 779. The van der Waals surface area contributed by atoms with Crippen molar-refractivity contribution in [3.63, 3.8) is 0 Å². The third kappa shape index (κ3) is 4.07. The number of benzene rings is 1. The number of carbonyl (C=O) groups is 1. The summed E-state index contributed by atoms with van der Waals surface area (Å²) >= 11 is 0. The zero-order valence-electron chi connectivity index (χ0n) is 12.7. The number of aryl methyl sites for hydroxylation is 1. The van der Waals surface area contributed by atoms with E-state index < -0.39 is 19.8 Å². The first-order valence-electron chi connectivity index (χ1n) is 7.05. The van der Waals surface area contributed by atoms with E-state index in [4.69, 9.17) is 0 Å². The highest BCUT2D eigenvalue weighted by Crippen LogP contribution is 2.16. The second-order valence-electron chi connectivity index (χ2n) is 5.29. The summed E-state index contributed by atoms with van der Waals surface area (Å²) in [6.45, 7) is 2.50. The first kappa shape index (κ1) is 17.0. The predicted octanol–water partition coefficient (Wildman–Crippen LogP) is 1.13. The van der Waals surface area contributed by atoms with Crippen LogP contribution in [-0.4, -0.2) is 54.3 Å². The highest BCUT2D eigenvalue weighted by atomic mass is 32.3. The maximum Gasteiger partial charge on any atom is 0.257 e. The summed E-state index contributed by atoms with van der Waals surface area (Å²) < 4.78 is 38.2. The first-order valence-corrected chi connectivity index (χ1v) is 10.8. The van der Waals surface area contributed by atoms with Crippen LogP contribution in [-0.2, 0) is 26.2 Å². The molecule has 0 radical (unpaired) electrons. The summed E-state index contributed by atoms with van der Waals surface area (Å²) in [5.41, 5.74) is 1.62. The molecule has 1 aliphatic heterocycles. The smallest absolute Gasteiger partial charge is 0.257 e. The van der Waals surface area contributed by atoms with Gasteiger partial charge in [-0.2, -0.15) is 0 Å². The van der Waals surface area contributed by atoms with Gasteiger partial charge in [0.15, 0.2) is 0 Å². The van der Waals surface area contributed by atoms with E-state index in [1.165, 1.54) is 0 Å². The number of nitrogens with zero attached hydrogens (tertiary/aromatic N) is 2. The Morgan fingerprint density at radius 1 is 1.27 bits per heavy atom. The minimum Gasteiger partial charge on any atom is -0.337 e. The van der Waals surface area contributed by atoms with Crippen LogP contribution in [0.4, 0.5) is 0 Å². The predicted molar refractivity (Wildman–Crippen MR) is 86.9 cm³/mol. The lowest BCUT2D eigenvalue weighted by Crippen LogP contribution is -2.44. The van der Waals surface area contributed by atoms with Gasteiger partial charge in [-0.15, -0.1) is 3.77 Å². The van der Waals surface area contributed by atoms with Crippen molar-refractivity contribution < 1.29 is 17.4 Å². The molecule has 6 nitrogen and oxygen atoms in total. The van der Waals surface area contributed by atoms with Gasteiger partial charge in [-0.25, -0.2) is 12.6 Å². The molecular weight excluding hydrogens is 324 g/mol. The van der Waals surface area contributed by atoms with Crippen LogP contribution in [0.15, 0.2) is 28.0 Å². The molecule has 0 saturated carbocycles. The summed E-state index contributed by atoms with van der Waals surface area (Å²) in [7, 11) is -6.41. The van der Waals surface area contributed by atoms with Crippen molar-refractivity contribution in [1.29, 1.82) is 0 Å². The minimum absolute atomic E-state index is 0.0973. The number of sulfonamides is 1. The van der Waals surface area contributed by atoms with Gasteiger partial charge in [-0.1, -0.05) is 25.1 Å². The van der Waals surface area contributed by atoms with Crippen LogP contribution in [0, 0.1) is 0 Å². The van der Waals surface area contributed by atoms with Gasteiger partial charge in [0.1, 0.15) is 0 Å². The zero-order chi connectivity index (χ0) is 16.4. The molecule has 1 amide bonds. The lowest BCUT2D eigenvalue weighted by molar-refractivity contribution is 0.0770. The molecule has 0 bridgehead atoms. The number of carbonyl (C=O) groups excluding carboxylic acids is 1. The molecule has 0 spiro atoms. The Hall–Kier alpha value is -1.41. The summed E-state index contributed by atoms with van der Waals surface area (Å²) in [5.74, 6) is 0.0958. The van der Waals surface area contributed by atoms with E-state index >= 15 is 0 Å². The van der Waals surface area contributed by atoms with Crippen molar-refractivity contribution in [3.8, 4) is 0 Å². The summed E-state index contributed by atoms with van der Waals surface area (Å²) in [6, 6.07) is 7.41. The third-order valence-electron chi connectivity index (χ3n) is 3.55. The minimum atomic E-state index is -3.64. The SMILES string of the molecule is CCc1ccccc1C(=O)N1CCS(=O)(=NS(C)(=O)=O)CC1. The van der Waals surface area contributed by atoms with Gasteiger partial charge in [0.05, 0.1) is 27.5 Å². The van der Waals surface area contributed by atoms with Crippen LogP contribution in [0.25, 0.3) is 0 Å². The largest absolute Gasteiger partial charge is 0.337 e. The van der Waals surface area contributed by atoms with Crippen molar-refractivity contribution in [1.82, 2.24) is 4.90 Å². The van der Waals surface area contributed by atoms with Gasteiger partial charge in [0.25, 0.3) is 15.9 Å². The first-order chi connectivity index (χ1) is 10.2. The van der Waals surface area contributed by atoms with Crippen LogP contribution < -0.4 is 0 Å².